The topological polar surface area (TPSA) is 41.1 Å². The van der Waals surface area contributed by atoms with E-state index in [-0.39, 0.29) is 11.9 Å². The van der Waals surface area contributed by atoms with Crippen LogP contribution in [0.3, 0.4) is 0 Å². The summed E-state index contributed by atoms with van der Waals surface area (Å²) in [5.74, 6) is -0.0351. The Labute approximate surface area is 131 Å². The van der Waals surface area contributed by atoms with Crippen molar-refractivity contribution in [3.63, 3.8) is 0 Å². The third kappa shape index (κ3) is 2.79. The SMILES string of the molecule is O=C(NC1CCCNC1)c1cc2c(Cl)c(Cl)ccc2s1. The molecule has 1 aromatic heterocycles. The van der Waals surface area contributed by atoms with E-state index in [0.717, 1.165) is 36.0 Å². The molecule has 1 aliphatic heterocycles. The van der Waals surface area contributed by atoms with E-state index in [1.807, 2.05) is 12.1 Å². The first kappa shape index (κ1) is 14.1. The summed E-state index contributed by atoms with van der Waals surface area (Å²) in [7, 11) is 0. The van der Waals surface area contributed by atoms with Gasteiger partial charge in [-0.05, 0) is 37.6 Å². The molecule has 0 radical (unpaired) electrons. The summed E-state index contributed by atoms with van der Waals surface area (Å²) in [4.78, 5) is 12.9. The standard InChI is InChI=1S/C14H14Cl2N2OS/c15-10-3-4-11-9(13(10)16)6-12(20-11)14(19)18-8-2-1-5-17-7-8/h3-4,6,8,17H,1-2,5,7H2,(H,18,19). The van der Waals surface area contributed by atoms with Crippen LogP contribution in [0.25, 0.3) is 10.1 Å². The number of carbonyl (C=O) groups is 1. The Morgan fingerprint density at radius 1 is 1.40 bits per heavy atom. The number of benzene rings is 1. The van der Waals surface area contributed by atoms with Gasteiger partial charge in [0.25, 0.3) is 5.91 Å². The van der Waals surface area contributed by atoms with E-state index in [1.165, 1.54) is 11.3 Å². The van der Waals surface area contributed by atoms with Crippen LogP contribution in [0.1, 0.15) is 22.5 Å². The molecule has 1 aliphatic rings. The van der Waals surface area contributed by atoms with Crippen LogP contribution in [0.4, 0.5) is 0 Å². The van der Waals surface area contributed by atoms with E-state index in [1.54, 1.807) is 6.07 Å². The molecule has 2 heterocycles. The highest BCUT2D eigenvalue weighted by Gasteiger charge is 2.18. The zero-order valence-corrected chi connectivity index (χ0v) is 13.0. The molecule has 1 aromatic carbocycles. The van der Waals surface area contributed by atoms with Crippen LogP contribution in [-0.2, 0) is 0 Å². The van der Waals surface area contributed by atoms with Gasteiger partial charge in [-0.15, -0.1) is 11.3 Å². The van der Waals surface area contributed by atoms with Crippen molar-refractivity contribution in [1.82, 2.24) is 10.6 Å². The summed E-state index contributed by atoms with van der Waals surface area (Å²) in [6, 6.07) is 5.68. The first-order valence-electron chi connectivity index (χ1n) is 6.54. The largest absolute Gasteiger partial charge is 0.347 e. The second-order valence-corrected chi connectivity index (χ2v) is 6.77. The van der Waals surface area contributed by atoms with E-state index < -0.39 is 0 Å². The molecule has 1 atom stereocenters. The van der Waals surface area contributed by atoms with Crippen LogP contribution in [0.5, 0.6) is 0 Å². The fraction of sp³-hybridized carbons (Fsp3) is 0.357. The number of nitrogens with one attached hydrogen (secondary N) is 2. The summed E-state index contributed by atoms with van der Waals surface area (Å²) < 4.78 is 0.978. The lowest BCUT2D eigenvalue weighted by molar-refractivity contribution is 0.0935. The minimum absolute atomic E-state index is 0.0351. The number of fused-ring (bicyclic) bond motifs is 1. The number of thiophene rings is 1. The Bertz CT molecular complexity index is 650. The van der Waals surface area contributed by atoms with Gasteiger partial charge in [0.2, 0.25) is 0 Å². The number of carbonyl (C=O) groups excluding carboxylic acids is 1. The van der Waals surface area contributed by atoms with Gasteiger partial charge in [0, 0.05) is 22.7 Å². The Balaban J connectivity index is 1.82. The molecule has 0 bridgehead atoms. The van der Waals surface area contributed by atoms with Gasteiger partial charge in [0.05, 0.1) is 14.9 Å². The highest BCUT2D eigenvalue weighted by molar-refractivity contribution is 7.21. The third-order valence-electron chi connectivity index (χ3n) is 3.44. The first-order valence-corrected chi connectivity index (χ1v) is 8.11. The minimum Gasteiger partial charge on any atom is -0.347 e. The molecule has 0 aliphatic carbocycles. The summed E-state index contributed by atoms with van der Waals surface area (Å²) in [5.41, 5.74) is 0. The highest BCUT2D eigenvalue weighted by atomic mass is 35.5. The molecule has 1 unspecified atom stereocenters. The molecule has 1 amide bonds. The predicted octanol–water partition coefficient (Wildman–Crippen LogP) is 3.69. The van der Waals surface area contributed by atoms with Gasteiger partial charge in [-0.3, -0.25) is 4.79 Å². The van der Waals surface area contributed by atoms with Gasteiger partial charge < -0.3 is 10.6 Å². The van der Waals surface area contributed by atoms with E-state index in [2.05, 4.69) is 10.6 Å². The normalized spacial score (nSPS) is 19.2. The van der Waals surface area contributed by atoms with Crippen molar-refractivity contribution >= 4 is 50.5 Å². The van der Waals surface area contributed by atoms with Crippen LogP contribution in [-0.4, -0.2) is 25.0 Å². The highest BCUT2D eigenvalue weighted by Crippen LogP contribution is 2.35. The first-order chi connectivity index (χ1) is 9.65. The fourth-order valence-electron chi connectivity index (χ4n) is 2.39. The Hall–Kier alpha value is -0.810. The predicted molar refractivity (Wildman–Crippen MR) is 85.2 cm³/mol. The van der Waals surface area contributed by atoms with Crippen LogP contribution in [0.2, 0.25) is 10.0 Å². The van der Waals surface area contributed by atoms with Gasteiger partial charge in [-0.25, -0.2) is 0 Å². The van der Waals surface area contributed by atoms with Crippen molar-refractivity contribution in [2.24, 2.45) is 0 Å². The average Bonchev–Trinajstić information content (AvgIpc) is 2.89. The van der Waals surface area contributed by atoms with Gasteiger partial charge in [0.1, 0.15) is 0 Å². The lowest BCUT2D eigenvalue weighted by atomic mass is 10.1. The summed E-state index contributed by atoms with van der Waals surface area (Å²) >= 11 is 13.6. The van der Waals surface area contributed by atoms with Crippen molar-refractivity contribution in [3.05, 3.63) is 33.1 Å². The van der Waals surface area contributed by atoms with E-state index in [4.69, 9.17) is 23.2 Å². The maximum atomic E-state index is 12.3. The number of piperidine rings is 1. The molecule has 0 spiro atoms. The maximum Gasteiger partial charge on any atom is 0.261 e. The van der Waals surface area contributed by atoms with Crippen molar-refractivity contribution in [2.75, 3.05) is 13.1 Å². The summed E-state index contributed by atoms with van der Waals surface area (Å²) in [6.07, 6.45) is 2.12. The van der Waals surface area contributed by atoms with Crippen LogP contribution < -0.4 is 10.6 Å². The van der Waals surface area contributed by atoms with Gasteiger partial charge in [-0.2, -0.15) is 0 Å². The smallest absolute Gasteiger partial charge is 0.261 e. The Morgan fingerprint density at radius 2 is 2.25 bits per heavy atom. The van der Waals surface area contributed by atoms with Crippen LogP contribution >= 0.6 is 34.5 Å². The second kappa shape index (κ2) is 5.90. The Kier molecular flexibility index (Phi) is 4.17. The quantitative estimate of drug-likeness (QED) is 0.882. The number of amides is 1. The molecule has 2 N–H and O–H groups in total. The number of hydrogen-bond acceptors (Lipinski definition) is 3. The van der Waals surface area contributed by atoms with Gasteiger partial charge in [0.15, 0.2) is 0 Å². The third-order valence-corrected chi connectivity index (χ3v) is 5.36. The molecular formula is C14H14Cl2N2OS. The molecule has 0 saturated carbocycles. The van der Waals surface area contributed by atoms with Crippen molar-refractivity contribution in [1.29, 1.82) is 0 Å². The summed E-state index contributed by atoms with van der Waals surface area (Å²) in [6.45, 7) is 1.87. The second-order valence-electron chi connectivity index (χ2n) is 4.90. The lowest BCUT2D eigenvalue weighted by Crippen LogP contribution is -2.45. The van der Waals surface area contributed by atoms with Crippen molar-refractivity contribution in [3.8, 4) is 0 Å². The number of halogens is 2. The number of rotatable bonds is 2. The molecule has 2 aromatic rings. The zero-order valence-electron chi connectivity index (χ0n) is 10.7. The molecule has 3 rings (SSSR count). The molecule has 20 heavy (non-hydrogen) atoms. The van der Waals surface area contributed by atoms with E-state index >= 15 is 0 Å². The van der Waals surface area contributed by atoms with Gasteiger partial charge in [-0.1, -0.05) is 23.2 Å². The van der Waals surface area contributed by atoms with Crippen LogP contribution in [0, 0.1) is 0 Å². The monoisotopic (exact) mass is 328 g/mol. The van der Waals surface area contributed by atoms with E-state index in [0.29, 0.717) is 14.9 Å². The van der Waals surface area contributed by atoms with E-state index in [9.17, 15) is 4.79 Å². The average molecular weight is 329 g/mol. The molecule has 1 saturated heterocycles. The fourth-order valence-corrected chi connectivity index (χ4v) is 3.81. The molecule has 1 fully saturated rings. The molecule has 6 heteroatoms. The van der Waals surface area contributed by atoms with Crippen LogP contribution in [0.15, 0.2) is 18.2 Å². The maximum absolute atomic E-state index is 12.3. The lowest BCUT2D eigenvalue weighted by Gasteiger charge is -2.23. The molecule has 106 valence electrons. The molecular weight excluding hydrogens is 315 g/mol. The zero-order chi connectivity index (χ0) is 14.1. The van der Waals surface area contributed by atoms with Crippen molar-refractivity contribution in [2.45, 2.75) is 18.9 Å². The molecule has 3 nitrogen and oxygen atoms in total. The number of hydrogen-bond donors (Lipinski definition) is 2. The van der Waals surface area contributed by atoms with Crippen molar-refractivity contribution < 1.29 is 4.79 Å². The Morgan fingerprint density at radius 3 is 3.00 bits per heavy atom. The minimum atomic E-state index is -0.0351. The summed E-state index contributed by atoms with van der Waals surface area (Å²) in [5, 5.41) is 8.22. The van der Waals surface area contributed by atoms with Gasteiger partial charge >= 0.3 is 0 Å².